The molecule has 0 atom stereocenters. The molecule has 140 valence electrons. The fraction of sp³-hybridized carbons (Fsp3) is 0.273. The Kier molecular flexibility index (Phi) is 5.66. The van der Waals surface area contributed by atoms with Gasteiger partial charge in [-0.15, -0.1) is 0 Å². The molecule has 0 fully saturated rings. The van der Waals surface area contributed by atoms with Crippen LogP contribution in [0.3, 0.4) is 0 Å². The monoisotopic (exact) mass is 382 g/mol. The lowest BCUT2D eigenvalue weighted by Crippen LogP contribution is -2.27. The van der Waals surface area contributed by atoms with E-state index in [9.17, 15) is 9.90 Å². The highest BCUT2D eigenvalue weighted by Crippen LogP contribution is 2.31. The second kappa shape index (κ2) is 7.97. The summed E-state index contributed by atoms with van der Waals surface area (Å²) in [6.45, 7) is 6.34. The summed E-state index contributed by atoms with van der Waals surface area (Å²) >= 11 is 6.08. The predicted octanol–water partition coefficient (Wildman–Crippen LogP) is 4.82. The second-order valence-electron chi connectivity index (χ2n) is 7.18. The number of nitrogens with zero attached hydrogens (tertiary/aromatic N) is 2. The van der Waals surface area contributed by atoms with Crippen molar-refractivity contribution in [2.45, 2.75) is 33.7 Å². The highest BCUT2D eigenvalue weighted by Gasteiger charge is 2.20. The molecule has 2 aromatic carbocycles. The zero-order valence-electron chi connectivity index (χ0n) is 15.7. The number of aromatic hydroxyl groups is 1. The molecule has 4 nitrogen and oxygen atoms in total. The summed E-state index contributed by atoms with van der Waals surface area (Å²) in [4.78, 5) is 13.2. The molecule has 0 bridgehead atoms. The summed E-state index contributed by atoms with van der Waals surface area (Å²) in [5.74, 6) is 0.274. The van der Waals surface area contributed by atoms with E-state index >= 15 is 0 Å². The minimum Gasteiger partial charge on any atom is -0.505 e. The average Bonchev–Trinajstić information content (AvgIpc) is 2.60. The fourth-order valence-electron chi connectivity index (χ4n) is 3.15. The highest BCUT2D eigenvalue weighted by molar-refractivity contribution is 6.30. The molecule has 0 aliphatic carbocycles. The van der Waals surface area contributed by atoms with Gasteiger partial charge in [-0.1, -0.05) is 61.8 Å². The Bertz CT molecular complexity index is 1030. The van der Waals surface area contributed by atoms with Crippen LogP contribution < -0.4 is 5.56 Å². The van der Waals surface area contributed by atoms with Crippen molar-refractivity contribution < 1.29 is 5.11 Å². The molecule has 0 aliphatic rings. The minimum absolute atomic E-state index is 0.0228. The van der Waals surface area contributed by atoms with Gasteiger partial charge in [-0.25, -0.2) is 4.68 Å². The van der Waals surface area contributed by atoms with Crippen LogP contribution in [0.4, 0.5) is 0 Å². The molecule has 27 heavy (non-hydrogen) atoms. The van der Waals surface area contributed by atoms with Crippen molar-refractivity contribution in [3.05, 3.63) is 80.7 Å². The van der Waals surface area contributed by atoms with Gasteiger partial charge < -0.3 is 5.11 Å². The molecule has 0 radical (unpaired) electrons. The summed E-state index contributed by atoms with van der Waals surface area (Å²) in [5.41, 5.74) is 3.07. The van der Waals surface area contributed by atoms with Crippen LogP contribution in [0.5, 0.6) is 5.75 Å². The molecular formula is C22H23ClN2O2. The third kappa shape index (κ3) is 4.22. The van der Waals surface area contributed by atoms with Gasteiger partial charge in [0.15, 0.2) is 5.75 Å². The van der Waals surface area contributed by atoms with Crippen molar-refractivity contribution in [2.24, 2.45) is 5.92 Å². The van der Waals surface area contributed by atoms with Gasteiger partial charge in [0.1, 0.15) is 5.69 Å². The molecule has 1 N–H and O–H groups in total. The Labute approximate surface area is 164 Å². The highest BCUT2D eigenvalue weighted by atomic mass is 35.5. The van der Waals surface area contributed by atoms with E-state index < -0.39 is 0 Å². The number of hydrogen-bond acceptors (Lipinski definition) is 3. The third-order valence-electron chi connectivity index (χ3n) is 4.44. The van der Waals surface area contributed by atoms with E-state index in [4.69, 9.17) is 11.6 Å². The van der Waals surface area contributed by atoms with Crippen LogP contribution in [-0.4, -0.2) is 14.9 Å². The zero-order chi connectivity index (χ0) is 19.6. The fourth-order valence-corrected chi connectivity index (χ4v) is 3.36. The maximum atomic E-state index is 13.2. The molecule has 0 aliphatic heterocycles. The van der Waals surface area contributed by atoms with Crippen LogP contribution in [0.15, 0.2) is 53.3 Å². The SMILES string of the molecule is Cc1ccccc1-c1c(O)c(CC(C)C)nn(Cc2cccc(Cl)c2)c1=O. The maximum Gasteiger partial charge on any atom is 0.278 e. The van der Waals surface area contributed by atoms with Crippen molar-refractivity contribution in [3.63, 3.8) is 0 Å². The van der Waals surface area contributed by atoms with E-state index in [-0.39, 0.29) is 11.3 Å². The summed E-state index contributed by atoms with van der Waals surface area (Å²) in [7, 11) is 0. The molecule has 0 unspecified atom stereocenters. The molecule has 1 aromatic heterocycles. The molecule has 0 amide bonds. The van der Waals surface area contributed by atoms with E-state index in [2.05, 4.69) is 18.9 Å². The molecule has 0 spiro atoms. The molecule has 1 heterocycles. The molecular weight excluding hydrogens is 360 g/mol. The van der Waals surface area contributed by atoms with Crippen LogP contribution in [0.25, 0.3) is 11.1 Å². The lowest BCUT2D eigenvalue weighted by molar-refractivity contribution is 0.444. The second-order valence-corrected chi connectivity index (χ2v) is 7.61. The average molecular weight is 383 g/mol. The van der Waals surface area contributed by atoms with Crippen LogP contribution in [0.1, 0.15) is 30.7 Å². The number of benzene rings is 2. The first-order valence-electron chi connectivity index (χ1n) is 9.00. The quantitative estimate of drug-likeness (QED) is 0.687. The van der Waals surface area contributed by atoms with Gasteiger partial charge in [0, 0.05) is 5.02 Å². The largest absolute Gasteiger partial charge is 0.505 e. The topological polar surface area (TPSA) is 55.1 Å². The van der Waals surface area contributed by atoms with E-state index in [1.54, 1.807) is 6.07 Å². The van der Waals surface area contributed by atoms with E-state index in [0.29, 0.717) is 35.2 Å². The number of aromatic nitrogens is 2. The predicted molar refractivity (Wildman–Crippen MR) is 109 cm³/mol. The van der Waals surface area contributed by atoms with Gasteiger partial charge in [-0.3, -0.25) is 4.79 Å². The number of hydrogen-bond donors (Lipinski definition) is 1. The molecule has 3 rings (SSSR count). The lowest BCUT2D eigenvalue weighted by Gasteiger charge is -2.16. The van der Waals surface area contributed by atoms with Gasteiger partial charge in [-0.05, 0) is 48.1 Å². The normalized spacial score (nSPS) is 11.1. The molecule has 0 saturated carbocycles. The Morgan fingerprint density at radius 1 is 1.15 bits per heavy atom. The number of rotatable bonds is 5. The van der Waals surface area contributed by atoms with Crippen molar-refractivity contribution >= 4 is 11.6 Å². The Morgan fingerprint density at radius 3 is 2.56 bits per heavy atom. The Hall–Kier alpha value is -2.59. The Morgan fingerprint density at radius 2 is 1.89 bits per heavy atom. The smallest absolute Gasteiger partial charge is 0.278 e. The standard InChI is InChI=1S/C22H23ClN2O2/c1-14(2)11-19-21(26)20(18-10-5-4-7-15(18)3)22(27)25(24-19)13-16-8-6-9-17(23)12-16/h4-10,12,14,26H,11,13H2,1-3H3. The van der Waals surface area contributed by atoms with Crippen LogP contribution >= 0.6 is 11.6 Å². The molecule has 3 aromatic rings. The van der Waals surface area contributed by atoms with Gasteiger partial charge in [0.25, 0.3) is 5.56 Å². The van der Waals surface area contributed by atoms with Crippen molar-refractivity contribution in [3.8, 4) is 16.9 Å². The minimum atomic E-state index is -0.311. The van der Waals surface area contributed by atoms with E-state index in [1.807, 2.05) is 49.4 Å². The Balaban J connectivity index is 2.20. The first kappa shape index (κ1) is 19.2. The van der Waals surface area contributed by atoms with Crippen molar-refractivity contribution in [1.82, 2.24) is 9.78 Å². The summed E-state index contributed by atoms with van der Waals surface area (Å²) in [5, 5.41) is 15.9. The van der Waals surface area contributed by atoms with Crippen LogP contribution in [-0.2, 0) is 13.0 Å². The zero-order valence-corrected chi connectivity index (χ0v) is 16.5. The van der Waals surface area contributed by atoms with Crippen LogP contribution in [0.2, 0.25) is 5.02 Å². The van der Waals surface area contributed by atoms with Crippen molar-refractivity contribution in [1.29, 1.82) is 0 Å². The van der Waals surface area contributed by atoms with Gasteiger partial charge in [0.05, 0.1) is 12.1 Å². The molecule has 5 heteroatoms. The van der Waals surface area contributed by atoms with Gasteiger partial charge >= 0.3 is 0 Å². The maximum absolute atomic E-state index is 13.2. The lowest BCUT2D eigenvalue weighted by atomic mass is 9.98. The number of halogens is 1. The van der Waals surface area contributed by atoms with Gasteiger partial charge in [-0.2, -0.15) is 5.10 Å². The summed E-state index contributed by atoms with van der Waals surface area (Å²) in [6.07, 6.45) is 0.584. The van der Waals surface area contributed by atoms with E-state index in [0.717, 1.165) is 16.7 Å². The van der Waals surface area contributed by atoms with E-state index in [1.165, 1.54) is 4.68 Å². The van der Waals surface area contributed by atoms with Crippen molar-refractivity contribution in [2.75, 3.05) is 0 Å². The van der Waals surface area contributed by atoms with Crippen LogP contribution in [0, 0.1) is 12.8 Å². The first-order valence-corrected chi connectivity index (χ1v) is 9.38. The summed E-state index contributed by atoms with van der Waals surface area (Å²) in [6, 6.07) is 14.9. The summed E-state index contributed by atoms with van der Waals surface area (Å²) < 4.78 is 1.42. The molecule has 0 saturated heterocycles. The third-order valence-corrected chi connectivity index (χ3v) is 4.67. The number of aryl methyl sites for hydroxylation is 1. The first-order chi connectivity index (χ1) is 12.9. The van der Waals surface area contributed by atoms with Gasteiger partial charge in [0.2, 0.25) is 0 Å².